The van der Waals surface area contributed by atoms with E-state index in [4.69, 9.17) is 22.2 Å². The van der Waals surface area contributed by atoms with E-state index in [1.807, 2.05) is 37.3 Å². The predicted octanol–water partition coefficient (Wildman–Crippen LogP) is 2.91. The van der Waals surface area contributed by atoms with Crippen molar-refractivity contribution in [1.29, 1.82) is 0 Å². The fourth-order valence-corrected chi connectivity index (χ4v) is 1.82. The van der Waals surface area contributed by atoms with Gasteiger partial charge in [0.05, 0.1) is 5.02 Å². The van der Waals surface area contributed by atoms with E-state index < -0.39 is 0 Å². The number of aromatic nitrogens is 1. The van der Waals surface area contributed by atoms with Gasteiger partial charge in [-0.2, -0.15) is 0 Å². The molecular weight excluding hydrogens is 250 g/mol. The lowest BCUT2D eigenvalue weighted by molar-refractivity contribution is 0.306. The molecule has 1 aromatic heterocycles. The minimum Gasteiger partial charge on any atom is -0.487 e. The molecule has 0 fully saturated rings. The van der Waals surface area contributed by atoms with Crippen LogP contribution in [0.2, 0.25) is 5.02 Å². The van der Waals surface area contributed by atoms with E-state index in [2.05, 4.69) is 10.4 Å². The molecule has 3 N–H and O–H groups in total. The number of pyridine rings is 1. The van der Waals surface area contributed by atoms with E-state index in [-0.39, 0.29) is 0 Å². The van der Waals surface area contributed by atoms with E-state index in [9.17, 15) is 0 Å². The van der Waals surface area contributed by atoms with Gasteiger partial charge >= 0.3 is 0 Å². The SMILES string of the molecule is Cc1ccc(OCc2ccnc(NN)c2)c(Cl)c1. The van der Waals surface area contributed by atoms with Crippen LogP contribution in [0, 0.1) is 6.92 Å². The first-order valence-corrected chi connectivity index (χ1v) is 5.87. The Balaban J connectivity index is 2.06. The number of anilines is 1. The van der Waals surface area contributed by atoms with Crippen LogP contribution in [0.15, 0.2) is 36.5 Å². The van der Waals surface area contributed by atoms with Crippen molar-refractivity contribution in [2.75, 3.05) is 5.43 Å². The summed E-state index contributed by atoms with van der Waals surface area (Å²) in [5.74, 6) is 6.56. The zero-order chi connectivity index (χ0) is 13.0. The number of nitrogens with zero attached hydrogens (tertiary/aromatic N) is 1. The minimum atomic E-state index is 0.417. The number of nitrogen functional groups attached to an aromatic ring is 1. The molecule has 2 rings (SSSR count). The first kappa shape index (κ1) is 12.7. The van der Waals surface area contributed by atoms with Crippen LogP contribution < -0.4 is 16.0 Å². The number of nitrogens with one attached hydrogen (secondary N) is 1. The van der Waals surface area contributed by atoms with Gasteiger partial charge in [-0.15, -0.1) is 0 Å². The number of benzene rings is 1. The highest BCUT2D eigenvalue weighted by atomic mass is 35.5. The molecule has 94 valence electrons. The van der Waals surface area contributed by atoms with Crippen molar-refractivity contribution in [3.05, 3.63) is 52.7 Å². The van der Waals surface area contributed by atoms with Gasteiger partial charge in [0.25, 0.3) is 0 Å². The second-order valence-corrected chi connectivity index (χ2v) is 4.32. The third kappa shape index (κ3) is 3.12. The third-order valence-electron chi connectivity index (χ3n) is 2.45. The number of ether oxygens (including phenoxy) is 1. The van der Waals surface area contributed by atoms with Crippen LogP contribution in [0.25, 0.3) is 0 Å². The zero-order valence-electron chi connectivity index (χ0n) is 9.98. The van der Waals surface area contributed by atoms with E-state index in [0.29, 0.717) is 23.2 Å². The monoisotopic (exact) mass is 263 g/mol. The maximum Gasteiger partial charge on any atom is 0.140 e. The summed E-state index contributed by atoms with van der Waals surface area (Å²) >= 11 is 6.08. The van der Waals surface area contributed by atoms with Gasteiger partial charge in [0, 0.05) is 6.20 Å². The van der Waals surface area contributed by atoms with E-state index >= 15 is 0 Å². The highest BCUT2D eigenvalue weighted by Crippen LogP contribution is 2.26. The Morgan fingerprint density at radius 2 is 2.17 bits per heavy atom. The van der Waals surface area contributed by atoms with Crippen LogP contribution >= 0.6 is 11.6 Å². The second kappa shape index (κ2) is 5.71. The summed E-state index contributed by atoms with van der Waals surface area (Å²) < 4.78 is 5.65. The van der Waals surface area contributed by atoms with Gasteiger partial charge in [0.2, 0.25) is 0 Å². The summed E-state index contributed by atoms with van der Waals surface area (Å²) in [5.41, 5.74) is 4.56. The lowest BCUT2D eigenvalue weighted by Crippen LogP contribution is -2.09. The van der Waals surface area contributed by atoms with Crippen LogP contribution in [0.3, 0.4) is 0 Å². The molecule has 18 heavy (non-hydrogen) atoms. The van der Waals surface area contributed by atoms with Crippen molar-refractivity contribution >= 4 is 17.4 Å². The first-order valence-electron chi connectivity index (χ1n) is 5.49. The van der Waals surface area contributed by atoms with Crippen molar-refractivity contribution in [3.8, 4) is 5.75 Å². The van der Waals surface area contributed by atoms with Crippen LogP contribution in [-0.4, -0.2) is 4.98 Å². The Morgan fingerprint density at radius 3 is 2.89 bits per heavy atom. The van der Waals surface area contributed by atoms with Gasteiger partial charge in [0.15, 0.2) is 0 Å². The minimum absolute atomic E-state index is 0.417. The van der Waals surface area contributed by atoms with Crippen molar-refractivity contribution in [2.24, 2.45) is 5.84 Å². The summed E-state index contributed by atoms with van der Waals surface area (Å²) in [6, 6.07) is 9.38. The molecule has 0 spiro atoms. The number of nitrogens with two attached hydrogens (primary N) is 1. The molecule has 0 atom stereocenters. The Kier molecular flexibility index (Phi) is 4.02. The smallest absolute Gasteiger partial charge is 0.140 e. The Hall–Kier alpha value is -1.78. The summed E-state index contributed by atoms with van der Waals surface area (Å²) in [4.78, 5) is 4.02. The molecule has 0 unspecified atom stereocenters. The van der Waals surface area contributed by atoms with Gasteiger partial charge < -0.3 is 10.2 Å². The molecule has 1 heterocycles. The van der Waals surface area contributed by atoms with E-state index in [1.54, 1.807) is 6.20 Å². The standard InChI is InChI=1S/C13H14ClN3O/c1-9-2-3-12(11(14)6-9)18-8-10-4-5-16-13(7-10)17-15/h2-7H,8,15H2,1H3,(H,16,17). The van der Waals surface area contributed by atoms with Crippen molar-refractivity contribution < 1.29 is 4.74 Å². The molecule has 4 nitrogen and oxygen atoms in total. The molecule has 0 saturated carbocycles. The third-order valence-corrected chi connectivity index (χ3v) is 2.75. The van der Waals surface area contributed by atoms with Crippen LogP contribution in [0.4, 0.5) is 5.82 Å². The summed E-state index contributed by atoms with van der Waals surface area (Å²) in [6.07, 6.45) is 1.67. The summed E-state index contributed by atoms with van der Waals surface area (Å²) in [5, 5.41) is 0.612. The average molecular weight is 264 g/mol. The molecule has 0 aliphatic heterocycles. The second-order valence-electron chi connectivity index (χ2n) is 3.92. The number of rotatable bonds is 4. The number of aryl methyl sites for hydroxylation is 1. The van der Waals surface area contributed by atoms with Gasteiger partial charge in [0.1, 0.15) is 18.2 Å². The van der Waals surface area contributed by atoms with E-state index in [0.717, 1.165) is 11.1 Å². The molecule has 0 aliphatic rings. The largest absolute Gasteiger partial charge is 0.487 e. The zero-order valence-corrected chi connectivity index (χ0v) is 10.7. The van der Waals surface area contributed by atoms with Crippen LogP contribution in [0.5, 0.6) is 5.75 Å². The molecule has 0 saturated heterocycles. The van der Waals surface area contributed by atoms with Gasteiger partial charge in [-0.1, -0.05) is 17.7 Å². The first-order chi connectivity index (χ1) is 8.69. The van der Waals surface area contributed by atoms with Crippen LogP contribution in [0.1, 0.15) is 11.1 Å². The number of hydrogen-bond acceptors (Lipinski definition) is 4. The van der Waals surface area contributed by atoms with E-state index in [1.165, 1.54) is 0 Å². The number of halogens is 1. The molecule has 0 bridgehead atoms. The van der Waals surface area contributed by atoms with Gasteiger partial charge in [-0.3, -0.25) is 0 Å². The predicted molar refractivity (Wildman–Crippen MR) is 72.6 cm³/mol. The lowest BCUT2D eigenvalue weighted by Gasteiger charge is -2.09. The van der Waals surface area contributed by atoms with Crippen molar-refractivity contribution in [1.82, 2.24) is 4.98 Å². The Labute approximate surface area is 111 Å². The molecule has 5 heteroatoms. The highest BCUT2D eigenvalue weighted by Gasteiger charge is 2.02. The Bertz CT molecular complexity index is 546. The fourth-order valence-electron chi connectivity index (χ4n) is 1.53. The fraction of sp³-hybridized carbons (Fsp3) is 0.154. The normalized spacial score (nSPS) is 10.2. The molecule has 1 aromatic carbocycles. The molecule has 0 aliphatic carbocycles. The number of hydrogen-bond donors (Lipinski definition) is 2. The quantitative estimate of drug-likeness (QED) is 0.658. The van der Waals surface area contributed by atoms with Crippen LogP contribution in [-0.2, 0) is 6.61 Å². The van der Waals surface area contributed by atoms with Gasteiger partial charge in [-0.05, 0) is 42.3 Å². The summed E-state index contributed by atoms with van der Waals surface area (Å²) in [7, 11) is 0. The maximum atomic E-state index is 6.08. The average Bonchev–Trinajstić information content (AvgIpc) is 2.38. The molecule has 0 amide bonds. The molecular formula is C13H14ClN3O. The molecule has 2 aromatic rings. The van der Waals surface area contributed by atoms with Gasteiger partial charge in [-0.25, -0.2) is 10.8 Å². The van der Waals surface area contributed by atoms with Crippen molar-refractivity contribution in [3.63, 3.8) is 0 Å². The number of hydrazine groups is 1. The topological polar surface area (TPSA) is 60.2 Å². The molecule has 0 radical (unpaired) electrons. The maximum absolute atomic E-state index is 6.08. The van der Waals surface area contributed by atoms with Crippen molar-refractivity contribution in [2.45, 2.75) is 13.5 Å². The highest BCUT2D eigenvalue weighted by molar-refractivity contribution is 6.32. The summed E-state index contributed by atoms with van der Waals surface area (Å²) in [6.45, 7) is 2.40. The lowest BCUT2D eigenvalue weighted by atomic mass is 10.2. The Morgan fingerprint density at radius 1 is 1.33 bits per heavy atom.